The van der Waals surface area contributed by atoms with Gasteiger partial charge in [-0.3, -0.25) is 10.7 Å². The van der Waals surface area contributed by atoms with Crippen molar-refractivity contribution in [1.29, 1.82) is 0 Å². The molecular formula is C9H13N3O. The molecule has 4 nitrogen and oxygen atoms in total. The van der Waals surface area contributed by atoms with Gasteiger partial charge in [0.1, 0.15) is 6.34 Å². The molecule has 4 heteroatoms. The molecule has 0 saturated carbocycles. The van der Waals surface area contributed by atoms with E-state index in [9.17, 15) is 0 Å². The third-order valence-electron chi connectivity index (χ3n) is 1.87. The van der Waals surface area contributed by atoms with Crippen molar-refractivity contribution < 1.29 is 5.21 Å². The van der Waals surface area contributed by atoms with Crippen LogP contribution in [0.5, 0.6) is 0 Å². The molecule has 0 saturated heterocycles. The molecule has 0 aliphatic heterocycles. The standard InChI is InChI=1S/C9H13N3O/c1-6-4-7(2)9(10-5-11-13)12-8(6)3/h4-5,13H,1-3H3,(H,10,11,12). The number of rotatable bonds is 2. The van der Waals surface area contributed by atoms with Crippen molar-refractivity contribution >= 4 is 12.2 Å². The first-order chi connectivity index (χ1) is 6.15. The third-order valence-corrected chi connectivity index (χ3v) is 1.87. The largest absolute Gasteiger partial charge is 0.290 e. The number of aryl methyl sites for hydroxylation is 3. The minimum atomic E-state index is 0.629. The Morgan fingerprint density at radius 2 is 2.08 bits per heavy atom. The molecular weight excluding hydrogens is 166 g/mol. The molecule has 0 aliphatic rings. The molecule has 1 aromatic rings. The molecule has 1 heterocycles. The smallest absolute Gasteiger partial charge is 0.156 e. The van der Waals surface area contributed by atoms with E-state index in [4.69, 9.17) is 5.21 Å². The highest BCUT2D eigenvalue weighted by Crippen LogP contribution is 2.17. The molecule has 0 atom stereocenters. The van der Waals surface area contributed by atoms with E-state index in [0.29, 0.717) is 5.82 Å². The van der Waals surface area contributed by atoms with Crippen LogP contribution in [0.3, 0.4) is 0 Å². The predicted molar refractivity (Wildman–Crippen MR) is 51.5 cm³/mol. The first kappa shape index (κ1) is 9.67. The lowest BCUT2D eigenvalue weighted by atomic mass is 10.1. The molecule has 13 heavy (non-hydrogen) atoms. The van der Waals surface area contributed by atoms with Crippen molar-refractivity contribution in [3.63, 3.8) is 0 Å². The van der Waals surface area contributed by atoms with Crippen LogP contribution in [0, 0.1) is 20.8 Å². The fourth-order valence-corrected chi connectivity index (χ4v) is 1.05. The van der Waals surface area contributed by atoms with E-state index >= 15 is 0 Å². The van der Waals surface area contributed by atoms with E-state index in [2.05, 4.69) is 9.98 Å². The molecule has 0 aliphatic carbocycles. The summed E-state index contributed by atoms with van der Waals surface area (Å²) in [7, 11) is 0. The average molecular weight is 179 g/mol. The summed E-state index contributed by atoms with van der Waals surface area (Å²) >= 11 is 0. The van der Waals surface area contributed by atoms with Crippen LogP contribution in [0.25, 0.3) is 0 Å². The molecule has 0 amide bonds. The highest BCUT2D eigenvalue weighted by Gasteiger charge is 2.00. The summed E-state index contributed by atoms with van der Waals surface area (Å²) in [4.78, 5) is 8.19. The Kier molecular flexibility index (Phi) is 2.97. The molecule has 0 unspecified atom stereocenters. The molecule has 0 aromatic carbocycles. The van der Waals surface area contributed by atoms with E-state index in [0.717, 1.165) is 16.8 Å². The number of nitrogens with zero attached hydrogens (tertiary/aromatic N) is 2. The summed E-state index contributed by atoms with van der Waals surface area (Å²) in [6.07, 6.45) is 1.20. The van der Waals surface area contributed by atoms with Crippen LogP contribution >= 0.6 is 0 Å². The second-order valence-electron chi connectivity index (χ2n) is 2.92. The van der Waals surface area contributed by atoms with Crippen LogP contribution in [0.2, 0.25) is 0 Å². The van der Waals surface area contributed by atoms with Gasteiger partial charge in [-0.15, -0.1) is 0 Å². The summed E-state index contributed by atoms with van der Waals surface area (Å²) in [5.74, 6) is 0.629. The van der Waals surface area contributed by atoms with Gasteiger partial charge in [-0.05, 0) is 31.9 Å². The number of hydrogen-bond donors (Lipinski definition) is 2. The summed E-state index contributed by atoms with van der Waals surface area (Å²) < 4.78 is 0. The molecule has 0 radical (unpaired) electrons. The highest BCUT2D eigenvalue weighted by molar-refractivity contribution is 5.59. The maximum atomic E-state index is 8.32. The number of nitrogens with one attached hydrogen (secondary N) is 1. The van der Waals surface area contributed by atoms with E-state index < -0.39 is 0 Å². The Bertz CT molecular complexity index is 334. The maximum Gasteiger partial charge on any atom is 0.156 e. The van der Waals surface area contributed by atoms with E-state index in [1.165, 1.54) is 6.34 Å². The van der Waals surface area contributed by atoms with Gasteiger partial charge in [-0.2, -0.15) is 0 Å². The normalized spacial score (nSPS) is 10.8. The van der Waals surface area contributed by atoms with Crippen LogP contribution in [0.15, 0.2) is 11.1 Å². The molecule has 0 bridgehead atoms. The minimum absolute atomic E-state index is 0.629. The second kappa shape index (κ2) is 4.00. The van der Waals surface area contributed by atoms with Gasteiger partial charge in [-0.25, -0.2) is 9.98 Å². The van der Waals surface area contributed by atoms with Gasteiger partial charge in [-0.1, -0.05) is 6.07 Å². The van der Waals surface area contributed by atoms with Gasteiger partial charge in [0, 0.05) is 5.69 Å². The average Bonchev–Trinajstić information content (AvgIpc) is 2.09. The van der Waals surface area contributed by atoms with Crippen LogP contribution in [0.4, 0.5) is 5.82 Å². The quantitative estimate of drug-likeness (QED) is 0.412. The van der Waals surface area contributed by atoms with E-state index in [1.807, 2.05) is 32.3 Å². The van der Waals surface area contributed by atoms with Crippen LogP contribution in [-0.4, -0.2) is 16.5 Å². The molecule has 70 valence electrons. The van der Waals surface area contributed by atoms with Crippen molar-refractivity contribution in [2.24, 2.45) is 4.99 Å². The highest BCUT2D eigenvalue weighted by atomic mass is 16.5. The lowest BCUT2D eigenvalue weighted by Crippen LogP contribution is -2.01. The number of hydroxylamine groups is 1. The lowest BCUT2D eigenvalue weighted by molar-refractivity contribution is 0.240. The van der Waals surface area contributed by atoms with Crippen molar-refractivity contribution in [2.75, 3.05) is 0 Å². The SMILES string of the molecule is Cc1cc(C)c(/N=C\NO)nc1C. The summed E-state index contributed by atoms with van der Waals surface area (Å²) in [5.41, 5.74) is 4.94. The van der Waals surface area contributed by atoms with Crippen LogP contribution in [0.1, 0.15) is 16.8 Å². The summed E-state index contributed by atoms with van der Waals surface area (Å²) in [5, 5.41) is 8.32. The van der Waals surface area contributed by atoms with Crippen molar-refractivity contribution in [3.8, 4) is 0 Å². The van der Waals surface area contributed by atoms with Gasteiger partial charge in [0.05, 0.1) is 0 Å². The number of pyridine rings is 1. The summed E-state index contributed by atoms with van der Waals surface area (Å²) in [6.45, 7) is 5.87. The lowest BCUT2D eigenvalue weighted by Gasteiger charge is -2.03. The second-order valence-corrected chi connectivity index (χ2v) is 2.92. The van der Waals surface area contributed by atoms with Gasteiger partial charge >= 0.3 is 0 Å². The number of aliphatic imine (C=N–C) groups is 1. The van der Waals surface area contributed by atoms with Crippen molar-refractivity contribution in [2.45, 2.75) is 20.8 Å². The van der Waals surface area contributed by atoms with Crippen molar-refractivity contribution in [3.05, 3.63) is 22.9 Å². The molecule has 0 fully saturated rings. The Balaban J connectivity index is 3.08. The molecule has 2 N–H and O–H groups in total. The Morgan fingerprint density at radius 3 is 2.69 bits per heavy atom. The zero-order valence-electron chi connectivity index (χ0n) is 8.00. The Hall–Kier alpha value is -1.42. The van der Waals surface area contributed by atoms with Gasteiger partial charge in [0.2, 0.25) is 0 Å². The monoisotopic (exact) mass is 179 g/mol. The topological polar surface area (TPSA) is 57.5 Å². The van der Waals surface area contributed by atoms with Crippen LogP contribution < -0.4 is 5.48 Å². The molecule has 0 spiro atoms. The van der Waals surface area contributed by atoms with Gasteiger partial charge < -0.3 is 0 Å². The first-order valence-corrected chi connectivity index (χ1v) is 4.02. The maximum absolute atomic E-state index is 8.32. The Morgan fingerprint density at radius 1 is 1.38 bits per heavy atom. The third kappa shape index (κ3) is 2.26. The van der Waals surface area contributed by atoms with Crippen LogP contribution in [-0.2, 0) is 0 Å². The minimum Gasteiger partial charge on any atom is -0.290 e. The first-order valence-electron chi connectivity index (χ1n) is 4.02. The fourth-order valence-electron chi connectivity index (χ4n) is 1.05. The fraction of sp³-hybridized carbons (Fsp3) is 0.333. The van der Waals surface area contributed by atoms with Gasteiger partial charge in [0.25, 0.3) is 0 Å². The number of aromatic nitrogens is 1. The van der Waals surface area contributed by atoms with E-state index in [-0.39, 0.29) is 0 Å². The number of hydrogen-bond acceptors (Lipinski definition) is 3. The van der Waals surface area contributed by atoms with Gasteiger partial charge in [0.15, 0.2) is 5.82 Å². The zero-order valence-corrected chi connectivity index (χ0v) is 8.00. The van der Waals surface area contributed by atoms with E-state index in [1.54, 1.807) is 0 Å². The zero-order chi connectivity index (χ0) is 9.84. The Labute approximate surface area is 77.3 Å². The molecule has 1 aromatic heterocycles. The predicted octanol–water partition coefficient (Wildman–Crippen LogP) is 1.65. The van der Waals surface area contributed by atoms with Crippen molar-refractivity contribution in [1.82, 2.24) is 10.5 Å². The molecule has 1 rings (SSSR count). The summed E-state index contributed by atoms with van der Waals surface area (Å²) in [6, 6.07) is 2.02.